The van der Waals surface area contributed by atoms with Gasteiger partial charge in [0.05, 0.1) is 12.0 Å². The second-order valence-electron chi connectivity index (χ2n) is 5.53. The van der Waals surface area contributed by atoms with Crippen LogP contribution in [-0.4, -0.2) is 30.8 Å². The molecule has 2 fully saturated rings. The lowest BCUT2D eigenvalue weighted by Gasteiger charge is -2.30. The Balaban J connectivity index is 1.69. The molecule has 3 rings (SSSR count). The van der Waals surface area contributed by atoms with Gasteiger partial charge in [0.25, 0.3) is 5.91 Å². The van der Waals surface area contributed by atoms with Crippen molar-refractivity contribution in [2.75, 3.05) is 13.7 Å². The Kier molecular flexibility index (Phi) is 3.50. The number of nitrogens with one attached hydrogen (secondary N) is 1. The maximum Gasteiger partial charge on any atom is 0.261 e. The van der Waals surface area contributed by atoms with E-state index in [2.05, 4.69) is 5.32 Å². The van der Waals surface area contributed by atoms with Crippen molar-refractivity contribution in [2.45, 2.75) is 25.3 Å². The van der Waals surface area contributed by atoms with Crippen LogP contribution in [0, 0.1) is 17.8 Å². The first kappa shape index (κ1) is 12.9. The molecule has 1 aromatic rings. The zero-order valence-corrected chi connectivity index (χ0v) is 11.8. The monoisotopic (exact) mass is 281 g/mol. The van der Waals surface area contributed by atoms with Crippen LogP contribution in [0.4, 0.5) is 0 Å². The first-order chi connectivity index (χ1) is 9.22. The van der Waals surface area contributed by atoms with Crippen molar-refractivity contribution in [3.8, 4) is 5.75 Å². The van der Waals surface area contributed by atoms with Crippen LogP contribution < -0.4 is 10.1 Å². The predicted octanol–water partition coefficient (Wildman–Crippen LogP) is 1.89. The minimum absolute atomic E-state index is 0.0377. The molecule has 0 saturated heterocycles. The number of rotatable bonds is 4. The van der Waals surface area contributed by atoms with Gasteiger partial charge in [0, 0.05) is 30.0 Å². The molecule has 4 unspecified atom stereocenters. The lowest BCUT2D eigenvalue weighted by atomic mass is 9.85. The number of thiophene rings is 1. The van der Waals surface area contributed by atoms with E-state index in [-0.39, 0.29) is 24.5 Å². The predicted molar refractivity (Wildman–Crippen MR) is 73.5 cm³/mol. The van der Waals surface area contributed by atoms with Crippen molar-refractivity contribution < 1.29 is 14.6 Å². The molecule has 4 atom stereocenters. The van der Waals surface area contributed by atoms with Gasteiger partial charge in [0.2, 0.25) is 0 Å². The van der Waals surface area contributed by atoms with Crippen LogP contribution >= 0.6 is 11.3 Å². The van der Waals surface area contributed by atoms with Crippen molar-refractivity contribution in [3.63, 3.8) is 0 Å². The summed E-state index contributed by atoms with van der Waals surface area (Å²) in [6.45, 7) is 0.180. The molecule has 5 heteroatoms. The molecule has 2 aliphatic rings. The van der Waals surface area contributed by atoms with Gasteiger partial charge in [-0.05, 0) is 31.1 Å². The van der Waals surface area contributed by atoms with E-state index in [0.717, 1.165) is 12.2 Å². The highest BCUT2D eigenvalue weighted by Crippen LogP contribution is 2.48. The zero-order chi connectivity index (χ0) is 13.4. The number of hydrogen-bond acceptors (Lipinski definition) is 4. The summed E-state index contributed by atoms with van der Waals surface area (Å²) in [5, 5.41) is 14.5. The molecule has 2 N–H and O–H groups in total. The van der Waals surface area contributed by atoms with Gasteiger partial charge in [-0.2, -0.15) is 0 Å². The summed E-state index contributed by atoms with van der Waals surface area (Å²) < 4.78 is 5.10. The Morgan fingerprint density at radius 1 is 1.53 bits per heavy atom. The fraction of sp³-hybridized carbons (Fsp3) is 0.643. The third-order valence-corrected chi connectivity index (χ3v) is 5.54. The molecule has 1 amide bonds. The van der Waals surface area contributed by atoms with Gasteiger partial charge in [0.15, 0.2) is 0 Å². The van der Waals surface area contributed by atoms with Crippen LogP contribution in [0.25, 0.3) is 0 Å². The fourth-order valence-corrected chi connectivity index (χ4v) is 4.42. The van der Waals surface area contributed by atoms with E-state index in [1.165, 1.54) is 24.2 Å². The molecule has 2 saturated carbocycles. The maximum atomic E-state index is 12.2. The van der Waals surface area contributed by atoms with Crippen LogP contribution in [0.1, 0.15) is 28.9 Å². The average molecular weight is 281 g/mol. The quantitative estimate of drug-likeness (QED) is 0.886. The highest BCUT2D eigenvalue weighted by molar-refractivity contribution is 7.12. The van der Waals surface area contributed by atoms with Crippen molar-refractivity contribution >= 4 is 17.2 Å². The number of aliphatic hydroxyl groups excluding tert-OH is 1. The summed E-state index contributed by atoms with van der Waals surface area (Å²) in [5.41, 5.74) is 0. The molecule has 0 aliphatic heterocycles. The minimum Gasteiger partial charge on any atom is -0.496 e. The highest BCUT2D eigenvalue weighted by atomic mass is 32.1. The Labute approximate surface area is 116 Å². The first-order valence-corrected chi connectivity index (χ1v) is 7.65. The molecular formula is C14H19NO3S. The van der Waals surface area contributed by atoms with Gasteiger partial charge in [-0.25, -0.2) is 0 Å². The summed E-state index contributed by atoms with van der Waals surface area (Å²) in [6.07, 6.45) is 3.54. The third-order valence-electron chi connectivity index (χ3n) is 4.63. The summed E-state index contributed by atoms with van der Waals surface area (Å²) in [6, 6.07) is 1.91. The standard InChI is InChI=1S/C14H19NO3S/c1-18-10-5-12(19-7-10)14(17)15-13-9-3-2-8(4-9)11(13)6-16/h5,7-9,11,13,16H,2-4,6H2,1H3,(H,15,17). The average Bonchev–Trinajstić information content (AvgIpc) is 3.13. The maximum absolute atomic E-state index is 12.2. The second kappa shape index (κ2) is 5.13. The molecule has 1 aromatic heterocycles. The normalized spacial score (nSPS) is 32.5. The Bertz CT molecular complexity index is 473. The summed E-state index contributed by atoms with van der Waals surface area (Å²) in [4.78, 5) is 12.9. The van der Waals surface area contributed by atoms with Crippen molar-refractivity contribution in [1.29, 1.82) is 0 Å². The van der Waals surface area contributed by atoms with Crippen LogP contribution in [0.5, 0.6) is 5.75 Å². The zero-order valence-electron chi connectivity index (χ0n) is 11.0. The van der Waals surface area contributed by atoms with Gasteiger partial charge in [-0.1, -0.05) is 0 Å². The second-order valence-corrected chi connectivity index (χ2v) is 6.44. The van der Waals surface area contributed by atoms with E-state index in [9.17, 15) is 9.90 Å². The molecule has 2 bridgehead atoms. The molecule has 0 spiro atoms. The Morgan fingerprint density at radius 2 is 2.32 bits per heavy atom. The van der Waals surface area contributed by atoms with E-state index in [1.807, 2.05) is 5.38 Å². The van der Waals surface area contributed by atoms with Crippen molar-refractivity contribution in [1.82, 2.24) is 5.32 Å². The van der Waals surface area contributed by atoms with Crippen LogP contribution in [0.2, 0.25) is 0 Å². The van der Waals surface area contributed by atoms with E-state index in [0.29, 0.717) is 16.7 Å². The first-order valence-electron chi connectivity index (χ1n) is 6.77. The molecule has 0 aromatic carbocycles. The number of carbonyl (C=O) groups excluding carboxylic acids is 1. The summed E-state index contributed by atoms with van der Waals surface area (Å²) in [7, 11) is 1.60. The molecule has 1 heterocycles. The van der Waals surface area contributed by atoms with E-state index >= 15 is 0 Å². The molecule has 0 radical (unpaired) electrons. The number of carbonyl (C=O) groups is 1. The van der Waals surface area contributed by atoms with E-state index < -0.39 is 0 Å². The van der Waals surface area contributed by atoms with Crippen LogP contribution in [-0.2, 0) is 0 Å². The lowest BCUT2D eigenvalue weighted by molar-refractivity contribution is 0.0865. The van der Waals surface area contributed by atoms with Gasteiger partial charge in [-0.3, -0.25) is 4.79 Å². The number of aliphatic hydroxyl groups is 1. The number of hydrogen-bond donors (Lipinski definition) is 2. The smallest absolute Gasteiger partial charge is 0.261 e. The largest absolute Gasteiger partial charge is 0.496 e. The number of amides is 1. The van der Waals surface area contributed by atoms with Crippen molar-refractivity contribution in [3.05, 3.63) is 16.3 Å². The number of methoxy groups -OCH3 is 1. The molecular weight excluding hydrogens is 262 g/mol. The number of ether oxygens (including phenoxy) is 1. The topological polar surface area (TPSA) is 58.6 Å². The number of fused-ring (bicyclic) bond motifs is 2. The van der Waals surface area contributed by atoms with Gasteiger partial charge in [0.1, 0.15) is 5.75 Å². The van der Waals surface area contributed by atoms with Crippen LogP contribution in [0.15, 0.2) is 11.4 Å². The van der Waals surface area contributed by atoms with Gasteiger partial charge in [-0.15, -0.1) is 11.3 Å². The van der Waals surface area contributed by atoms with Crippen LogP contribution in [0.3, 0.4) is 0 Å². The van der Waals surface area contributed by atoms with E-state index in [4.69, 9.17) is 4.74 Å². The third kappa shape index (κ3) is 2.25. The van der Waals surface area contributed by atoms with Crippen molar-refractivity contribution in [2.24, 2.45) is 17.8 Å². The van der Waals surface area contributed by atoms with Gasteiger partial charge >= 0.3 is 0 Å². The van der Waals surface area contributed by atoms with E-state index in [1.54, 1.807) is 13.2 Å². The Hall–Kier alpha value is -1.07. The minimum atomic E-state index is -0.0377. The molecule has 2 aliphatic carbocycles. The summed E-state index contributed by atoms with van der Waals surface area (Å²) >= 11 is 1.39. The van der Waals surface area contributed by atoms with Gasteiger partial charge < -0.3 is 15.2 Å². The molecule has 4 nitrogen and oxygen atoms in total. The SMILES string of the molecule is COc1csc(C(=O)NC2C3CCC(C3)C2CO)c1. The highest BCUT2D eigenvalue weighted by Gasteiger charge is 2.47. The fourth-order valence-electron chi connectivity index (χ4n) is 3.67. The molecule has 104 valence electrons. The molecule has 19 heavy (non-hydrogen) atoms. The summed E-state index contributed by atoms with van der Waals surface area (Å²) in [5.74, 6) is 2.07. The Morgan fingerprint density at radius 3 is 3.00 bits per heavy atom. The lowest BCUT2D eigenvalue weighted by Crippen LogP contribution is -2.45.